The fourth-order valence-electron chi connectivity index (χ4n) is 2.14. The third-order valence-electron chi connectivity index (χ3n) is 2.96. The van der Waals surface area contributed by atoms with E-state index in [1.54, 1.807) is 6.07 Å². The summed E-state index contributed by atoms with van der Waals surface area (Å²) >= 11 is 0. The molecule has 0 aromatic heterocycles. The van der Waals surface area contributed by atoms with Crippen LogP contribution in [0.1, 0.15) is 41.3 Å². The van der Waals surface area contributed by atoms with E-state index in [0.29, 0.717) is 31.4 Å². The molecule has 0 aliphatic heterocycles. The summed E-state index contributed by atoms with van der Waals surface area (Å²) < 4.78 is 5.63. The third kappa shape index (κ3) is 2.48. The standard InChI is InChI=1S/C13H16O4/c14-7-2-8-17-12-6-5-11(16)13-9(12)3-1-4-10(13)15/h1,3-4,12,14-15H,2,5-8H2. The summed E-state index contributed by atoms with van der Waals surface area (Å²) in [4.78, 5) is 11.7. The summed E-state index contributed by atoms with van der Waals surface area (Å²) in [6, 6.07) is 5.05. The molecular weight excluding hydrogens is 220 g/mol. The van der Waals surface area contributed by atoms with E-state index < -0.39 is 0 Å². The topological polar surface area (TPSA) is 66.8 Å². The maximum atomic E-state index is 11.7. The number of aliphatic hydroxyl groups is 1. The number of ketones is 1. The maximum Gasteiger partial charge on any atom is 0.167 e. The minimum atomic E-state index is -0.152. The Labute approximate surface area is 99.8 Å². The molecule has 2 N–H and O–H groups in total. The number of carbonyl (C=O) groups is 1. The number of aliphatic hydroxyl groups excluding tert-OH is 1. The summed E-state index contributed by atoms with van der Waals surface area (Å²) in [5.74, 6) is 0.00284. The predicted octanol–water partition coefficient (Wildman–Crippen LogP) is 1.81. The largest absolute Gasteiger partial charge is 0.507 e. The van der Waals surface area contributed by atoms with Crippen LogP contribution in [-0.4, -0.2) is 29.2 Å². The first-order valence-electron chi connectivity index (χ1n) is 5.81. The molecule has 1 aliphatic rings. The zero-order valence-corrected chi connectivity index (χ0v) is 9.56. The maximum absolute atomic E-state index is 11.7. The molecule has 2 rings (SSSR count). The second-order valence-corrected chi connectivity index (χ2v) is 4.14. The van der Waals surface area contributed by atoms with Crippen molar-refractivity contribution in [1.82, 2.24) is 0 Å². The highest BCUT2D eigenvalue weighted by molar-refractivity contribution is 6.01. The van der Waals surface area contributed by atoms with Gasteiger partial charge in [0.1, 0.15) is 5.75 Å². The lowest BCUT2D eigenvalue weighted by Gasteiger charge is -2.25. The first-order valence-corrected chi connectivity index (χ1v) is 5.81. The van der Waals surface area contributed by atoms with E-state index in [2.05, 4.69) is 0 Å². The molecule has 0 saturated carbocycles. The summed E-state index contributed by atoms with van der Waals surface area (Å²) in [5, 5.41) is 18.4. The van der Waals surface area contributed by atoms with Crippen LogP contribution in [0.3, 0.4) is 0 Å². The van der Waals surface area contributed by atoms with Crippen LogP contribution < -0.4 is 0 Å². The summed E-state index contributed by atoms with van der Waals surface area (Å²) in [5.41, 5.74) is 1.16. The summed E-state index contributed by atoms with van der Waals surface area (Å²) in [6.07, 6.45) is 1.47. The van der Waals surface area contributed by atoms with Gasteiger partial charge in [-0.15, -0.1) is 0 Å². The lowest BCUT2D eigenvalue weighted by atomic mass is 9.88. The zero-order chi connectivity index (χ0) is 12.3. The molecule has 4 nitrogen and oxygen atoms in total. The quantitative estimate of drug-likeness (QED) is 0.782. The molecule has 92 valence electrons. The van der Waals surface area contributed by atoms with Crippen LogP contribution in [-0.2, 0) is 4.74 Å². The van der Waals surface area contributed by atoms with Gasteiger partial charge in [-0.05, 0) is 24.5 Å². The molecule has 0 bridgehead atoms. The van der Waals surface area contributed by atoms with Gasteiger partial charge in [-0.2, -0.15) is 0 Å². The molecule has 1 aromatic carbocycles. The molecule has 1 unspecified atom stereocenters. The van der Waals surface area contributed by atoms with E-state index >= 15 is 0 Å². The number of fused-ring (bicyclic) bond motifs is 1. The van der Waals surface area contributed by atoms with Gasteiger partial charge in [0.05, 0.1) is 11.7 Å². The van der Waals surface area contributed by atoms with Crippen LogP contribution in [0.4, 0.5) is 0 Å². The van der Waals surface area contributed by atoms with Gasteiger partial charge in [0.15, 0.2) is 5.78 Å². The van der Waals surface area contributed by atoms with E-state index in [-0.39, 0.29) is 24.2 Å². The minimum Gasteiger partial charge on any atom is -0.507 e. The van der Waals surface area contributed by atoms with E-state index in [1.165, 1.54) is 6.07 Å². The van der Waals surface area contributed by atoms with Gasteiger partial charge in [-0.1, -0.05) is 12.1 Å². The van der Waals surface area contributed by atoms with E-state index in [9.17, 15) is 9.90 Å². The van der Waals surface area contributed by atoms with Crippen LogP contribution in [0, 0.1) is 0 Å². The Bertz CT molecular complexity index is 414. The fourth-order valence-corrected chi connectivity index (χ4v) is 2.14. The van der Waals surface area contributed by atoms with Crippen molar-refractivity contribution in [2.75, 3.05) is 13.2 Å². The number of rotatable bonds is 4. The molecule has 0 amide bonds. The highest BCUT2D eigenvalue weighted by atomic mass is 16.5. The minimum absolute atomic E-state index is 0.0277. The molecule has 1 atom stereocenters. The van der Waals surface area contributed by atoms with Crippen molar-refractivity contribution < 1.29 is 19.7 Å². The third-order valence-corrected chi connectivity index (χ3v) is 2.96. The highest BCUT2D eigenvalue weighted by Gasteiger charge is 2.28. The van der Waals surface area contributed by atoms with Gasteiger partial charge in [0, 0.05) is 19.6 Å². The number of phenolic OH excluding ortho intramolecular Hbond substituents is 1. The Hall–Kier alpha value is -1.39. The molecule has 1 aliphatic carbocycles. The SMILES string of the molecule is O=C1CCC(OCCCO)c2cccc(O)c21. The number of aromatic hydroxyl groups is 1. The average Bonchev–Trinajstić information content (AvgIpc) is 2.32. The highest BCUT2D eigenvalue weighted by Crippen LogP contribution is 2.36. The van der Waals surface area contributed by atoms with Crippen molar-refractivity contribution in [2.45, 2.75) is 25.4 Å². The lowest BCUT2D eigenvalue weighted by molar-refractivity contribution is 0.0314. The van der Waals surface area contributed by atoms with Crippen LogP contribution in [0.2, 0.25) is 0 Å². The Morgan fingerprint density at radius 2 is 2.24 bits per heavy atom. The van der Waals surface area contributed by atoms with E-state index in [4.69, 9.17) is 9.84 Å². The second-order valence-electron chi connectivity index (χ2n) is 4.14. The second kappa shape index (κ2) is 5.29. The monoisotopic (exact) mass is 236 g/mol. The zero-order valence-electron chi connectivity index (χ0n) is 9.56. The van der Waals surface area contributed by atoms with Gasteiger partial charge in [0.2, 0.25) is 0 Å². The average molecular weight is 236 g/mol. The molecule has 0 spiro atoms. The van der Waals surface area contributed by atoms with Gasteiger partial charge in [-0.3, -0.25) is 4.79 Å². The Morgan fingerprint density at radius 1 is 1.41 bits per heavy atom. The van der Waals surface area contributed by atoms with Crippen molar-refractivity contribution in [3.8, 4) is 5.75 Å². The van der Waals surface area contributed by atoms with Crippen LogP contribution in [0.25, 0.3) is 0 Å². The Kier molecular flexibility index (Phi) is 3.76. The molecule has 0 heterocycles. The van der Waals surface area contributed by atoms with Gasteiger partial charge in [-0.25, -0.2) is 0 Å². The van der Waals surface area contributed by atoms with Gasteiger partial charge in [0.25, 0.3) is 0 Å². The molecular formula is C13H16O4. The molecule has 4 heteroatoms. The van der Waals surface area contributed by atoms with E-state index in [1.807, 2.05) is 6.07 Å². The van der Waals surface area contributed by atoms with Gasteiger partial charge < -0.3 is 14.9 Å². The molecule has 1 aromatic rings. The molecule has 0 fully saturated rings. The molecule has 17 heavy (non-hydrogen) atoms. The number of ether oxygens (including phenoxy) is 1. The number of phenols is 1. The smallest absolute Gasteiger partial charge is 0.167 e. The van der Waals surface area contributed by atoms with Crippen molar-refractivity contribution >= 4 is 5.78 Å². The summed E-state index contributed by atoms with van der Waals surface area (Å²) in [6.45, 7) is 0.559. The summed E-state index contributed by atoms with van der Waals surface area (Å²) in [7, 11) is 0. The number of hydrogen-bond donors (Lipinski definition) is 2. The van der Waals surface area contributed by atoms with Crippen molar-refractivity contribution in [1.29, 1.82) is 0 Å². The van der Waals surface area contributed by atoms with Crippen molar-refractivity contribution in [2.24, 2.45) is 0 Å². The molecule has 0 saturated heterocycles. The van der Waals surface area contributed by atoms with E-state index in [0.717, 1.165) is 5.56 Å². The number of Topliss-reactive ketones (excluding diaryl/α,β-unsaturated/α-hetero) is 1. The van der Waals surface area contributed by atoms with Crippen LogP contribution in [0.15, 0.2) is 18.2 Å². The Balaban J connectivity index is 2.21. The Morgan fingerprint density at radius 3 is 3.00 bits per heavy atom. The van der Waals surface area contributed by atoms with Crippen LogP contribution >= 0.6 is 0 Å². The first-order chi connectivity index (χ1) is 8.24. The molecule has 0 radical (unpaired) electrons. The van der Waals surface area contributed by atoms with Crippen LogP contribution in [0.5, 0.6) is 5.75 Å². The van der Waals surface area contributed by atoms with Crippen molar-refractivity contribution in [3.05, 3.63) is 29.3 Å². The predicted molar refractivity (Wildman–Crippen MR) is 62.1 cm³/mol. The van der Waals surface area contributed by atoms with Crippen molar-refractivity contribution in [3.63, 3.8) is 0 Å². The lowest BCUT2D eigenvalue weighted by Crippen LogP contribution is -2.18. The first kappa shape index (κ1) is 12.1. The number of hydrogen-bond acceptors (Lipinski definition) is 4. The number of carbonyl (C=O) groups excluding carboxylic acids is 1. The number of benzene rings is 1. The van der Waals surface area contributed by atoms with Gasteiger partial charge >= 0.3 is 0 Å². The fraction of sp³-hybridized carbons (Fsp3) is 0.462. The normalized spacial score (nSPS) is 19.1.